The molecule has 1 fully saturated rings. The van der Waals surface area contributed by atoms with E-state index >= 15 is 0 Å². The molecular weight excluding hydrogens is 619 g/mol. The number of nitriles is 1. The van der Waals surface area contributed by atoms with Crippen LogP contribution in [0.3, 0.4) is 0 Å². The van der Waals surface area contributed by atoms with Crippen molar-refractivity contribution >= 4 is 31.7 Å². The molecule has 3 aromatic rings. The third kappa shape index (κ3) is 6.97. The molecule has 1 atom stereocenters. The van der Waals surface area contributed by atoms with Crippen molar-refractivity contribution in [1.82, 2.24) is 19.9 Å². The van der Waals surface area contributed by atoms with Crippen molar-refractivity contribution in [2.45, 2.75) is 109 Å². The Labute approximate surface area is 286 Å². The molecule has 6 rings (SSSR count). The molecule has 0 radical (unpaired) electrons. The molecule has 2 aliphatic heterocycles. The van der Waals surface area contributed by atoms with E-state index in [1.165, 1.54) is 18.4 Å². The number of fused-ring (bicyclic) bond motifs is 2. The van der Waals surface area contributed by atoms with Gasteiger partial charge in [-0.05, 0) is 87.1 Å². The molecule has 1 aromatic carbocycles. The molecule has 3 aliphatic rings. The lowest BCUT2D eigenvalue weighted by atomic mass is 9.83. The van der Waals surface area contributed by atoms with Gasteiger partial charge >= 0.3 is 6.09 Å². The van der Waals surface area contributed by atoms with Crippen molar-refractivity contribution in [2.75, 3.05) is 29.9 Å². The van der Waals surface area contributed by atoms with Crippen LogP contribution in [-0.4, -0.2) is 65.6 Å². The summed E-state index contributed by atoms with van der Waals surface area (Å²) in [7, 11) is -2.12. The monoisotopic (exact) mass is 667 g/mol. The minimum absolute atomic E-state index is 0.0177. The normalized spacial score (nSPS) is 19.8. The Kier molecular flexibility index (Phi) is 8.67. The molecule has 11 heteroatoms. The first kappa shape index (κ1) is 34.0. The first-order valence-electron chi connectivity index (χ1n) is 17.0. The van der Waals surface area contributed by atoms with Crippen LogP contribution in [0.2, 0.25) is 18.1 Å². The molecule has 254 valence electrons. The Morgan fingerprint density at radius 1 is 1.15 bits per heavy atom. The summed E-state index contributed by atoms with van der Waals surface area (Å²) in [4.78, 5) is 31.9. The largest absolute Gasteiger partial charge is 0.443 e. The van der Waals surface area contributed by atoms with E-state index in [0.717, 1.165) is 48.1 Å². The van der Waals surface area contributed by atoms with Gasteiger partial charge in [-0.2, -0.15) is 5.26 Å². The number of rotatable bonds is 7. The quantitative estimate of drug-likeness (QED) is 0.253. The van der Waals surface area contributed by atoms with E-state index in [2.05, 4.69) is 74.2 Å². The maximum atomic E-state index is 13.6. The number of ether oxygens (including phenoxy) is 1. The van der Waals surface area contributed by atoms with Crippen LogP contribution in [0.1, 0.15) is 83.7 Å². The summed E-state index contributed by atoms with van der Waals surface area (Å²) < 4.78 is 12.6. The number of aromatic nitrogens is 3. The highest BCUT2D eigenvalue weighted by Crippen LogP contribution is 2.47. The second-order valence-corrected chi connectivity index (χ2v) is 21.2. The van der Waals surface area contributed by atoms with Gasteiger partial charge in [0.05, 0.1) is 28.8 Å². The van der Waals surface area contributed by atoms with Crippen LogP contribution in [0.5, 0.6) is 0 Å². The lowest BCUT2D eigenvalue weighted by molar-refractivity contribution is 0.0575. The van der Waals surface area contributed by atoms with E-state index in [1.807, 2.05) is 33.0 Å². The number of benzene rings is 1. The number of amides is 1. The van der Waals surface area contributed by atoms with Crippen molar-refractivity contribution in [3.63, 3.8) is 0 Å². The summed E-state index contributed by atoms with van der Waals surface area (Å²) in [6, 6.07) is 10.9. The van der Waals surface area contributed by atoms with Crippen LogP contribution in [0, 0.1) is 11.3 Å². The number of pyridine rings is 1. The van der Waals surface area contributed by atoms with Crippen LogP contribution in [0.25, 0.3) is 11.3 Å². The second-order valence-electron chi connectivity index (χ2n) is 16.4. The van der Waals surface area contributed by atoms with E-state index in [0.29, 0.717) is 36.0 Å². The van der Waals surface area contributed by atoms with Gasteiger partial charge in [-0.25, -0.2) is 14.8 Å². The molecule has 1 aliphatic carbocycles. The Bertz CT molecular complexity index is 1770. The SMILES string of the molecule is CC(C)(C)OC(=O)N1C[C@](C)(CO[Si](C)(C)C(C)(C)C)c2cc(-c3ccnc(Nc4cnc5c(c4)CN(C4CC4)CC5)n3)cc(C#N)c21. The fourth-order valence-corrected chi connectivity index (χ4v) is 7.37. The number of hydrogen-bond donors (Lipinski definition) is 1. The van der Waals surface area contributed by atoms with Gasteiger partial charge in [-0.3, -0.25) is 14.8 Å². The fourth-order valence-electron chi connectivity index (χ4n) is 6.26. The zero-order chi connectivity index (χ0) is 34.6. The molecule has 1 N–H and O–H groups in total. The number of nitrogens with zero attached hydrogens (tertiary/aromatic N) is 6. The van der Waals surface area contributed by atoms with Gasteiger partial charge in [0, 0.05) is 61.6 Å². The summed E-state index contributed by atoms with van der Waals surface area (Å²) in [6.45, 7) is 21.5. The van der Waals surface area contributed by atoms with Crippen molar-refractivity contribution in [2.24, 2.45) is 0 Å². The van der Waals surface area contributed by atoms with Crippen LogP contribution in [0.15, 0.2) is 36.7 Å². The zero-order valence-corrected chi connectivity index (χ0v) is 30.9. The third-order valence-electron chi connectivity index (χ3n) is 10.2. The van der Waals surface area contributed by atoms with Crippen LogP contribution < -0.4 is 10.2 Å². The van der Waals surface area contributed by atoms with Crippen molar-refractivity contribution < 1.29 is 14.0 Å². The lowest BCUT2D eigenvalue weighted by Crippen LogP contribution is -2.46. The number of carbonyl (C=O) groups is 1. The molecule has 48 heavy (non-hydrogen) atoms. The molecule has 1 saturated carbocycles. The average molecular weight is 668 g/mol. The molecular formula is C37H49N7O3Si. The minimum Gasteiger partial charge on any atom is -0.443 e. The van der Waals surface area contributed by atoms with E-state index in [4.69, 9.17) is 19.1 Å². The molecule has 0 spiro atoms. The Morgan fingerprint density at radius 3 is 2.56 bits per heavy atom. The topological polar surface area (TPSA) is 116 Å². The molecule has 0 saturated heterocycles. The van der Waals surface area contributed by atoms with Crippen molar-refractivity contribution in [1.29, 1.82) is 5.26 Å². The fraction of sp³-hybridized carbons (Fsp3) is 0.541. The molecule has 10 nitrogen and oxygen atoms in total. The minimum atomic E-state index is -2.12. The van der Waals surface area contributed by atoms with E-state index < -0.39 is 25.4 Å². The Hall–Kier alpha value is -3.85. The number of anilines is 3. The summed E-state index contributed by atoms with van der Waals surface area (Å²) in [6.07, 6.45) is 6.65. The molecule has 0 unspecified atom stereocenters. The predicted octanol–water partition coefficient (Wildman–Crippen LogP) is 7.71. The maximum absolute atomic E-state index is 13.6. The summed E-state index contributed by atoms with van der Waals surface area (Å²) in [5.74, 6) is 0.447. The Morgan fingerprint density at radius 2 is 1.90 bits per heavy atom. The number of carbonyl (C=O) groups excluding carboxylic acids is 1. The zero-order valence-electron chi connectivity index (χ0n) is 29.9. The molecule has 0 bridgehead atoms. The summed E-state index contributed by atoms with van der Waals surface area (Å²) >= 11 is 0. The van der Waals surface area contributed by atoms with Gasteiger partial charge in [0.2, 0.25) is 5.95 Å². The summed E-state index contributed by atoms with van der Waals surface area (Å²) in [5.41, 5.74) is 5.25. The molecule has 2 aromatic heterocycles. The summed E-state index contributed by atoms with van der Waals surface area (Å²) in [5, 5.41) is 13.8. The van der Waals surface area contributed by atoms with Gasteiger partial charge in [-0.1, -0.05) is 27.7 Å². The predicted molar refractivity (Wildman–Crippen MR) is 191 cm³/mol. The van der Waals surface area contributed by atoms with Gasteiger partial charge in [0.25, 0.3) is 0 Å². The number of nitrogens with one attached hydrogen (secondary N) is 1. The van der Waals surface area contributed by atoms with Gasteiger partial charge < -0.3 is 14.5 Å². The van der Waals surface area contributed by atoms with Crippen molar-refractivity contribution in [3.05, 3.63) is 59.0 Å². The highest BCUT2D eigenvalue weighted by atomic mass is 28.4. The van der Waals surface area contributed by atoms with Crippen LogP contribution in [-0.2, 0) is 27.5 Å². The van der Waals surface area contributed by atoms with Crippen LogP contribution in [0.4, 0.5) is 22.1 Å². The van der Waals surface area contributed by atoms with E-state index in [9.17, 15) is 10.1 Å². The highest BCUT2D eigenvalue weighted by molar-refractivity contribution is 6.74. The van der Waals surface area contributed by atoms with Gasteiger partial charge in [0.15, 0.2) is 8.32 Å². The molecule has 1 amide bonds. The van der Waals surface area contributed by atoms with Crippen molar-refractivity contribution in [3.8, 4) is 17.3 Å². The van der Waals surface area contributed by atoms with E-state index in [-0.39, 0.29) is 5.04 Å². The van der Waals surface area contributed by atoms with Gasteiger partial charge in [0.1, 0.15) is 11.7 Å². The maximum Gasteiger partial charge on any atom is 0.414 e. The second kappa shape index (κ2) is 12.2. The highest BCUT2D eigenvalue weighted by Gasteiger charge is 2.47. The average Bonchev–Trinajstić information content (AvgIpc) is 3.82. The van der Waals surface area contributed by atoms with E-state index in [1.54, 1.807) is 17.2 Å². The standard InChI is InChI=1S/C37H49N7O3Si/c1-35(2,3)47-34(45)44-22-37(7,23-46-48(8,9)36(4,5)6)29-18-24(16-25(19-38)32(29)44)31-12-14-39-33(42-31)41-27-17-26-21-43(28-10-11-28)15-13-30(26)40-20-27/h12,14,16-18,20,28H,10-11,13,15,21-23H2,1-9H3,(H,39,41,42)/t37-/m1/s1. The molecule has 4 heterocycles. The number of hydrogen-bond acceptors (Lipinski definition) is 9. The van der Waals surface area contributed by atoms with Crippen LogP contribution >= 0.6 is 0 Å². The third-order valence-corrected chi connectivity index (χ3v) is 14.6. The van der Waals surface area contributed by atoms with Gasteiger partial charge in [-0.15, -0.1) is 0 Å². The lowest BCUT2D eigenvalue weighted by Gasteiger charge is -2.39. The Balaban J connectivity index is 1.33. The first-order valence-corrected chi connectivity index (χ1v) is 19.9. The first-order chi connectivity index (χ1) is 22.5. The smallest absolute Gasteiger partial charge is 0.414 e.